The number of halogens is 1. The SMILES string of the molecule is CC(C)c1cnc2ccc(F)cc2c1C(=O)O. The van der Waals surface area contributed by atoms with Crippen LogP contribution in [0.5, 0.6) is 0 Å². The Morgan fingerprint density at radius 3 is 2.71 bits per heavy atom. The molecule has 2 rings (SSSR count). The Morgan fingerprint density at radius 2 is 2.12 bits per heavy atom. The fourth-order valence-corrected chi connectivity index (χ4v) is 1.86. The van der Waals surface area contributed by atoms with Crippen LogP contribution in [0.1, 0.15) is 35.7 Å². The fraction of sp³-hybridized carbons (Fsp3) is 0.231. The Labute approximate surface area is 97.9 Å². The lowest BCUT2D eigenvalue weighted by molar-refractivity contribution is 0.0697. The van der Waals surface area contributed by atoms with Crippen LogP contribution in [-0.4, -0.2) is 16.1 Å². The van der Waals surface area contributed by atoms with Gasteiger partial charge in [-0.25, -0.2) is 9.18 Å². The molecule has 3 nitrogen and oxygen atoms in total. The molecule has 17 heavy (non-hydrogen) atoms. The Bertz CT molecular complexity index is 593. The van der Waals surface area contributed by atoms with Gasteiger partial charge in [-0.2, -0.15) is 0 Å². The van der Waals surface area contributed by atoms with Gasteiger partial charge in [0, 0.05) is 11.6 Å². The molecule has 0 aliphatic carbocycles. The first-order valence-electron chi connectivity index (χ1n) is 5.32. The molecule has 0 saturated heterocycles. The average molecular weight is 233 g/mol. The second kappa shape index (κ2) is 4.13. The van der Waals surface area contributed by atoms with Gasteiger partial charge in [-0.15, -0.1) is 0 Å². The van der Waals surface area contributed by atoms with Crippen molar-refractivity contribution in [3.63, 3.8) is 0 Å². The van der Waals surface area contributed by atoms with Crippen LogP contribution < -0.4 is 0 Å². The minimum absolute atomic E-state index is 0.0290. The molecule has 0 aliphatic rings. The van der Waals surface area contributed by atoms with Crippen molar-refractivity contribution >= 4 is 16.9 Å². The molecule has 1 heterocycles. The van der Waals surface area contributed by atoms with Gasteiger partial charge in [0.25, 0.3) is 0 Å². The molecule has 1 aromatic carbocycles. The van der Waals surface area contributed by atoms with Crippen molar-refractivity contribution in [3.8, 4) is 0 Å². The summed E-state index contributed by atoms with van der Waals surface area (Å²) < 4.78 is 13.2. The molecule has 0 spiro atoms. The average Bonchev–Trinajstić information content (AvgIpc) is 2.26. The van der Waals surface area contributed by atoms with Crippen molar-refractivity contribution in [2.75, 3.05) is 0 Å². The van der Waals surface area contributed by atoms with Crippen molar-refractivity contribution < 1.29 is 14.3 Å². The number of fused-ring (bicyclic) bond motifs is 1. The minimum Gasteiger partial charge on any atom is -0.478 e. The van der Waals surface area contributed by atoms with Gasteiger partial charge in [-0.3, -0.25) is 4.98 Å². The predicted octanol–water partition coefficient (Wildman–Crippen LogP) is 3.20. The molecule has 88 valence electrons. The number of nitrogens with zero attached hydrogens (tertiary/aromatic N) is 1. The van der Waals surface area contributed by atoms with Crippen molar-refractivity contribution in [3.05, 3.63) is 41.3 Å². The maximum atomic E-state index is 13.2. The van der Waals surface area contributed by atoms with Crippen LogP contribution >= 0.6 is 0 Å². The number of carboxylic acids is 1. The van der Waals surface area contributed by atoms with E-state index in [0.29, 0.717) is 16.5 Å². The van der Waals surface area contributed by atoms with E-state index in [4.69, 9.17) is 0 Å². The van der Waals surface area contributed by atoms with E-state index in [-0.39, 0.29) is 11.5 Å². The Kier molecular flexibility index (Phi) is 2.79. The highest BCUT2D eigenvalue weighted by Gasteiger charge is 2.17. The molecule has 1 aromatic heterocycles. The standard InChI is InChI=1S/C13H12FNO2/c1-7(2)10-6-15-11-4-3-8(14)5-9(11)12(10)13(16)17/h3-7H,1-2H3,(H,16,17). The number of hydrogen-bond donors (Lipinski definition) is 1. The quantitative estimate of drug-likeness (QED) is 0.866. The summed E-state index contributed by atoms with van der Waals surface area (Å²) in [6.07, 6.45) is 1.55. The molecule has 0 amide bonds. The maximum Gasteiger partial charge on any atom is 0.336 e. The van der Waals surface area contributed by atoms with E-state index in [1.165, 1.54) is 18.2 Å². The summed E-state index contributed by atoms with van der Waals surface area (Å²) in [4.78, 5) is 15.5. The Morgan fingerprint density at radius 1 is 1.41 bits per heavy atom. The van der Waals surface area contributed by atoms with E-state index >= 15 is 0 Å². The highest BCUT2D eigenvalue weighted by molar-refractivity contribution is 6.03. The van der Waals surface area contributed by atoms with Crippen LogP contribution in [0.3, 0.4) is 0 Å². The summed E-state index contributed by atoms with van der Waals surface area (Å²) >= 11 is 0. The molecule has 0 atom stereocenters. The first-order chi connectivity index (χ1) is 8.00. The zero-order chi connectivity index (χ0) is 12.6. The predicted molar refractivity (Wildman–Crippen MR) is 62.7 cm³/mol. The van der Waals surface area contributed by atoms with Gasteiger partial charge in [0.05, 0.1) is 11.1 Å². The Balaban J connectivity index is 2.87. The molecule has 0 radical (unpaired) electrons. The lowest BCUT2D eigenvalue weighted by atomic mass is 9.96. The van der Waals surface area contributed by atoms with Gasteiger partial charge in [0.15, 0.2) is 0 Å². The Hall–Kier alpha value is -1.97. The molecule has 2 aromatic rings. The lowest BCUT2D eigenvalue weighted by Gasteiger charge is -2.11. The molecule has 0 fully saturated rings. The maximum absolute atomic E-state index is 13.2. The van der Waals surface area contributed by atoms with Gasteiger partial charge in [0.1, 0.15) is 5.82 Å². The first kappa shape index (κ1) is 11.5. The number of carbonyl (C=O) groups is 1. The molecular formula is C13H12FNO2. The zero-order valence-electron chi connectivity index (χ0n) is 9.57. The third kappa shape index (κ3) is 1.98. The van der Waals surface area contributed by atoms with E-state index in [1.54, 1.807) is 6.20 Å². The number of aromatic nitrogens is 1. The van der Waals surface area contributed by atoms with E-state index in [0.717, 1.165) is 0 Å². The summed E-state index contributed by atoms with van der Waals surface area (Å²) in [5, 5.41) is 9.60. The van der Waals surface area contributed by atoms with E-state index in [9.17, 15) is 14.3 Å². The van der Waals surface area contributed by atoms with Gasteiger partial charge in [0.2, 0.25) is 0 Å². The van der Waals surface area contributed by atoms with Gasteiger partial charge in [-0.05, 0) is 29.7 Å². The molecule has 0 saturated carbocycles. The van der Waals surface area contributed by atoms with Crippen LogP contribution in [0.2, 0.25) is 0 Å². The van der Waals surface area contributed by atoms with Crippen LogP contribution in [0.25, 0.3) is 10.9 Å². The van der Waals surface area contributed by atoms with E-state index < -0.39 is 11.8 Å². The normalized spacial score (nSPS) is 11.1. The van der Waals surface area contributed by atoms with Gasteiger partial charge in [-0.1, -0.05) is 13.8 Å². The number of carboxylic acid groups (broad SMARTS) is 1. The smallest absolute Gasteiger partial charge is 0.336 e. The van der Waals surface area contributed by atoms with Crippen molar-refractivity contribution in [1.82, 2.24) is 4.98 Å². The highest BCUT2D eigenvalue weighted by atomic mass is 19.1. The summed E-state index contributed by atoms with van der Waals surface area (Å²) in [5.41, 5.74) is 1.26. The number of benzene rings is 1. The van der Waals surface area contributed by atoms with Crippen LogP contribution in [0.4, 0.5) is 4.39 Å². The zero-order valence-corrected chi connectivity index (χ0v) is 9.57. The fourth-order valence-electron chi connectivity index (χ4n) is 1.86. The molecule has 4 heteroatoms. The van der Waals surface area contributed by atoms with Gasteiger partial charge >= 0.3 is 5.97 Å². The monoisotopic (exact) mass is 233 g/mol. The van der Waals surface area contributed by atoms with Crippen LogP contribution in [0.15, 0.2) is 24.4 Å². The first-order valence-corrected chi connectivity index (χ1v) is 5.32. The number of aromatic carboxylic acids is 1. The molecule has 0 unspecified atom stereocenters. The molecule has 0 bridgehead atoms. The summed E-state index contributed by atoms with van der Waals surface area (Å²) in [5.74, 6) is -1.48. The molecule has 1 N–H and O–H groups in total. The summed E-state index contributed by atoms with van der Waals surface area (Å²) in [7, 11) is 0. The highest BCUT2D eigenvalue weighted by Crippen LogP contribution is 2.26. The third-order valence-corrected chi connectivity index (χ3v) is 2.70. The second-order valence-corrected chi connectivity index (χ2v) is 4.21. The van der Waals surface area contributed by atoms with E-state index in [2.05, 4.69) is 4.98 Å². The summed E-state index contributed by atoms with van der Waals surface area (Å²) in [6.45, 7) is 3.77. The molecular weight excluding hydrogens is 221 g/mol. The van der Waals surface area contributed by atoms with Crippen molar-refractivity contribution in [2.24, 2.45) is 0 Å². The summed E-state index contributed by atoms with van der Waals surface area (Å²) in [6, 6.07) is 3.98. The number of pyridine rings is 1. The van der Waals surface area contributed by atoms with Crippen molar-refractivity contribution in [1.29, 1.82) is 0 Å². The lowest BCUT2D eigenvalue weighted by Crippen LogP contribution is -2.06. The van der Waals surface area contributed by atoms with Gasteiger partial charge < -0.3 is 5.11 Å². The molecule has 0 aliphatic heterocycles. The van der Waals surface area contributed by atoms with Crippen LogP contribution in [-0.2, 0) is 0 Å². The topological polar surface area (TPSA) is 50.2 Å². The largest absolute Gasteiger partial charge is 0.478 e. The second-order valence-electron chi connectivity index (χ2n) is 4.21. The third-order valence-electron chi connectivity index (χ3n) is 2.70. The number of hydrogen-bond acceptors (Lipinski definition) is 2. The van der Waals surface area contributed by atoms with Crippen LogP contribution in [0, 0.1) is 5.82 Å². The number of rotatable bonds is 2. The minimum atomic E-state index is -1.05. The van der Waals surface area contributed by atoms with E-state index in [1.807, 2.05) is 13.8 Å². The van der Waals surface area contributed by atoms with Crippen molar-refractivity contribution in [2.45, 2.75) is 19.8 Å².